The normalized spacial score (nSPS) is 20.2. The van der Waals surface area contributed by atoms with Gasteiger partial charge in [0.15, 0.2) is 0 Å². The summed E-state index contributed by atoms with van der Waals surface area (Å²) in [6.45, 7) is -0.703. The van der Waals surface area contributed by atoms with Gasteiger partial charge in [-0.2, -0.15) is 13.2 Å². The van der Waals surface area contributed by atoms with Crippen molar-refractivity contribution in [1.29, 1.82) is 0 Å². The quantitative estimate of drug-likeness (QED) is 0.820. The van der Waals surface area contributed by atoms with Crippen LogP contribution in [0, 0.1) is 0 Å². The molecule has 0 aliphatic carbocycles. The van der Waals surface area contributed by atoms with Crippen molar-refractivity contribution >= 4 is 12.0 Å². The fraction of sp³-hybridized carbons (Fsp3) is 0.500. The molecule has 1 aliphatic rings. The van der Waals surface area contributed by atoms with Crippen molar-refractivity contribution in [2.45, 2.75) is 37.6 Å². The molecule has 1 aromatic carbocycles. The molecule has 10 heteroatoms. The Balaban J connectivity index is 1.94. The molecule has 1 heterocycles. The molecule has 0 spiro atoms. The van der Waals surface area contributed by atoms with Crippen molar-refractivity contribution in [3.8, 4) is 0 Å². The second-order valence-electron chi connectivity index (χ2n) is 5.85. The van der Waals surface area contributed by atoms with Gasteiger partial charge in [0.05, 0.1) is 6.04 Å². The predicted molar refractivity (Wildman–Crippen MR) is 80.4 cm³/mol. The van der Waals surface area contributed by atoms with Gasteiger partial charge in [0.1, 0.15) is 6.61 Å². The van der Waals surface area contributed by atoms with E-state index in [-0.39, 0.29) is 19.7 Å². The minimum Gasteiger partial charge on any atom is -0.445 e. The SMILES string of the molecule is O=C(OCc1ccccc1)N1CCC(NC(=O)C(F)(F)F)C(F)(F)CC1. The van der Waals surface area contributed by atoms with Crippen molar-refractivity contribution < 1.29 is 36.3 Å². The number of amides is 2. The number of hydrogen-bond donors (Lipinski definition) is 1. The van der Waals surface area contributed by atoms with Crippen LogP contribution in [0.15, 0.2) is 30.3 Å². The number of alkyl halides is 5. The Kier molecular flexibility index (Phi) is 6.04. The van der Waals surface area contributed by atoms with Gasteiger partial charge in [-0.05, 0) is 12.0 Å². The molecule has 144 valence electrons. The lowest BCUT2D eigenvalue weighted by Crippen LogP contribution is -2.51. The number of hydrogen-bond acceptors (Lipinski definition) is 3. The van der Waals surface area contributed by atoms with Crippen LogP contribution in [0.5, 0.6) is 0 Å². The van der Waals surface area contributed by atoms with E-state index >= 15 is 0 Å². The summed E-state index contributed by atoms with van der Waals surface area (Å²) in [6.07, 6.45) is -7.49. The van der Waals surface area contributed by atoms with Crippen LogP contribution in [0.1, 0.15) is 18.4 Å². The van der Waals surface area contributed by atoms with Gasteiger partial charge in [-0.1, -0.05) is 30.3 Å². The summed E-state index contributed by atoms with van der Waals surface area (Å²) >= 11 is 0. The minimum absolute atomic E-state index is 0.0548. The molecule has 2 amide bonds. The van der Waals surface area contributed by atoms with Crippen LogP contribution in [-0.4, -0.2) is 48.1 Å². The number of carbonyl (C=O) groups is 2. The highest BCUT2D eigenvalue weighted by Crippen LogP contribution is 2.30. The smallest absolute Gasteiger partial charge is 0.445 e. The van der Waals surface area contributed by atoms with E-state index in [2.05, 4.69) is 0 Å². The average Bonchev–Trinajstić information content (AvgIpc) is 2.72. The van der Waals surface area contributed by atoms with Crippen molar-refractivity contribution in [3.63, 3.8) is 0 Å². The molecular weight excluding hydrogens is 363 g/mol. The van der Waals surface area contributed by atoms with E-state index in [1.54, 1.807) is 30.3 Å². The van der Waals surface area contributed by atoms with Crippen LogP contribution < -0.4 is 5.32 Å². The number of carbonyl (C=O) groups excluding carboxylic acids is 2. The topological polar surface area (TPSA) is 58.6 Å². The Morgan fingerprint density at radius 1 is 1.19 bits per heavy atom. The summed E-state index contributed by atoms with van der Waals surface area (Å²) in [5.41, 5.74) is 0.705. The average molecular weight is 380 g/mol. The van der Waals surface area contributed by atoms with Crippen molar-refractivity contribution in [3.05, 3.63) is 35.9 Å². The zero-order chi connectivity index (χ0) is 19.4. The lowest BCUT2D eigenvalue weighted by molar-refractivity contribution is -0.177. The van der Waals surface area contributed by atoms with E-state index in [1.165, 1.54) is 5.32 Å². The van der Waals surface area contributed by atoms with Crippen LogP contribution in [0.25, 0.3) is 0 Å². The van der Waals surface area contributed by atoms with Crippen LogP contribution in [0.2, 0.25) is 0 Å². The third kappa shape index (κ3) is 5.30. The Morgan fingerprint density at radius 2 is 1.85 bits per heavy atom. The first kappa shape index (κ1) is 19.9. The Labute approximate surface area is 146 Å². The fourth-order valence-electron chi connectivity index (χ4n) is 2.48. The number of halogens is 5. The monoisotopic (exact) mass is 380 g/mol. The summed E-state index contributed by atoms with van der Waals surface area (Å²) in [5.74, 6) is -6.00. The van der Waals surface area contributed by atoms with Crippen molar-refractivity contribution in [2.24, 2.45) is 0 Å². The second kappa shape index (κ2) is 7.88. The molecule has 0 saturated carbocycles. The maximum absolute atomic E-state index is 14.0. The van der Waals surface area contributed by atoms with Crippen LogP contribution in [-0.2, 0) is 16.1 Å². The molecule has 1 unspecified atom stereocenters. The predicted octanol–water partition coefficient (Wildman–Crippen LogP) is 3.10. The first-order chi connectivity index (χ1) is 12.1. The molecule has 5 nitrogen and oxygen atoms in total. The number of nitrogens with one attached hydrogen (secondary N) is 1. The van der Waals surface area contributed by atoms with Crippen LogP contribution in [0.4, 0.5) is 26.7 Å². The maximum Gasteiger partial charge on any atom is 0.471 e. The highest BCUT2D eigenvalue weighted by Gasteiger charge is 2.47. The van der Waals surface area contributed by atoms with Gasteiger partial charge in [-0.3, -0.25) is 4.79 Å². The third-order valence-electron chi connectivity index (χ3n) is 3.94. The number of ether oxygens (including phenoxy) is 1. The standard InChI is InChI=1S/C16H17F5N2O3/c17-15(18)7-9-23(8-6-12(15)22-13(24)16(19,20)21)14(25)26-10-11-4-2-1-3-5-11/h1-5,12H,6-10H2,(H,22,24). The lowest BCUT2D eigenvalue weighted by atomic mass is 10.1. The minimum atomic E-state index is -5.25. The second-order valence-corrected chi connectivity index (χ2v) is 5.85. The van der Waals surface area contributed by atoms with Gasteiger partial charge in [-0.25, -0.2) is 13.6 Å². The summed E-state index contributed by atoms with van der Waals surface area (Å²) in [5, 5.41) is 1.31. The van der Waals surface area contributed by atoms with Crippen LogP contribution >= 0.6 is 0 Å². The Hall–Kier alpha value is -2.39. The van der Waals surface area contributed by atoms with Crippen molar-refractivity contribution in [2.75, 3.05) is 13.1 Å². The van der Waals surface area contributed by atoms with Gasteiger partial charge in [0.25, 0.3) is 5.92 Å². The highest BCUT2D eigenvalue weighted by atomic mass is 19.4. The molecule has 1 saturated heterocycles. The maximum atomic E-state index is 14.0. The van der Waals surface area contributed by atoms with E-state index in [0.29, 0.717) is 5.56 Å². The summed E-state index contributed by atoms with van der Waals surface area (Å²) in [7, 11) is 0. The molecule has 1 atom stereocenters. The number of likely N-dealkylation sites (tertiary alicyclic amines) is 1. The van der Waals surface area contributed by atoms with E-state index < -0.39 is 43.0 Å². The summed E-state index contributed by atoms with van der Waals surface area (Å²) in [4.78, 5) is 23.9. The zero-order valence-electron chi connectivity index (χ0n) is 13.6. The fourth-order valence-corrected chi connectivity index (χ4v) is 2.48. The third-order valence-corrected chi connectivity index (χ3v) is 3.94. The van der Waals surface area contributed by atoms with Gasteiger partial charge >= 0.3 is 18.2 Å². The Bertz CT molecular complexity index is 637. The van der Waals surface area contributed by atoms with E-state index in [9.17, 15) is 31.5 Å². The molecule has 1 fully saturated rings. The van der Waals surface area contributed by atoms with Gasteiger partial charge in [0, 0.05) is 19.5 Å². The molecule has 1 aliphatic heterocycles. The largest absolute Gasteiger partial charge is 0.471 e. The number of nitrogens with zero attached hydrogens (tertiary/aromatic N) is 1. The lowest BCUT2D eigenvalue weighted by Gasteiger charge is -2.25. The molecule has 0 radical (unpaired) electrons. The number of rotatable bonds is 3. The van der Waals surface area contributed by atoms with Crippen molar-refractivity contribution in [1.82, 2.24) is 10.2 Å². The van der Waals surface area contributed by atoms with E-state index in [4.69, 9.17) is 4.74 Å². The highest BCUT2D eigenvalue weighted by molar-refractivity contribution is 5.82. The van der Waals surface area contributed by atoms with Gasteiger partial charge in [-0.15, -0.1) is 0 Å². The molecule has 2 rings (SSSR count). The first-order valence-electron chi connectivity index (χ1n) is 7.81. The van der Waals surface area contributed by atoms with Gasteiger partial charge < -0.3 is 15.0 Å². The van der Waals surface area contributed by atoms with Gasteiger partial charge in [0.2, 0.25) is 0 Å². The zero-order valence-corrected chi connectivity index (χ0v) is 13.6. The summed E-state index contributed by atoms with van der Waals surface area (Å²) < 4.78 is 69.9. The van der Waals surface area contributed by atoms with E-state index in [0.717, 1.165) is 4.90 Å². The first-order valence-corrected chi connectivity index (χ1v) is 7.81. The number of benzene rings is 1. The molecular formula is C16H17F5N2O3. The Morgan fingerprint density at radius 3 is 2.46 bits per heavy atom. The molecule has 26 heavy (non-hydrogen) atoms. The molecule has 1 aromatic rings. The molecule has 0 aromatic heterocycles. The van der Waals surface area contributed by atoms with Crippen LogP contribution in [0.3, 0.4) is 0 Å². The summed E-state index contributed by atoms with van der Waals surface area (Å²) in [6, 6.07) is 6.67. The molecule has 1 N–H and O–H groups in total. The van der Waals surface area contributed by atoms with E-state index in [1.807, 2.05) is 0 Å². The molecule has 0 bridgehead atoms.